The van der Waals surface area contributed by atoms with Crippen LogP contribution in [0.25, 0.3) is 22.4 Å². The molecule has 34 heavy (non-hydrogen) atoms. The lowest BCUT2D eigenvalue weighted by Gasteiger charge is -2.32. The number of nitrogens with zero attached hydrogens (tertiary/aromatic N) is 3. The van der Waals surface area contributed by atoms with Crippen LogP contribution >= 0.6 is 11.6 Å². The van der Waals surface area contributed by atoms with Crippen LogP contribution < -0.4 is 5.32 Å². The molecule has 1 amide bonds. The van der Waals surface area contributed by atoms with Crippen LogP contribution in [0.3, 0.4) is 0 Å². The number of imidazole rings is 1. The maximum atomic E-state index is 10.7. The van der Waals surface area contributed by atoms with E-state index in [1.165, 1.54) is 11.1 Å². The van der Waals surface area contributed by atoms with Crippen molar-refractivity contribution in [1.82, 2.24) is 14.5 Å². The van der Waals surface area contributed by atoms with Crippen LogP contribution in [0.5, 0.6) is 0 Å². The number of anilines is 1. The number of para-hydroxylation sites is 2. The predicted octanol–water partition coefficient (Wildman–Crippen LogP) is 6.19. The number of aryl methyl sites for hydroxylation is 1. The Bertz CT molecular complexity index is 1260. The molecule has 0 saturated carbocycles. The Balaban J connectivity index is 1.22. The molecule has 1 aliphatic heterocycles. The van der Waals surface area contributed by atoms with Crippen molar-refractivity contribution in [3.05, 3.63) is 83.4 Å². The highest BCUT2D eigenvalue weighted by Gasteiger charge is 2.21. The van der Waals surface area contributed by atoms with Gasteiger partial charge in [0.15, 0.2) is 0 Å². The lowest BCUT2D eigenvalue weighted by Crippen LogP contribution is -2.34. The number of carbonyl (C=O) groups excluding carboxylic acids is 1. The van der Waals surface area contributed by atoms with E-state index in [4.69, 9.17) is 16.6 Å². The summed E-state index contributed by atoms with van der Waals surface area (Å²) in [5.41, 5.74) is 5.49. The Hall–Kier alpha value is -3.15. The summed E-state index contributed by atoms with van der Waals surface area (Å²) in [4.78, 5) is 18.2. The van der Waals surface area contributed by atoms with Gasteiger partial charge in [0.25, 0.3) is 0 Å². The van der Waals surface area contributed by atoms with Gasteiger partial charge in [-0.3, -0.25) is 4.79 Å². The fraction of sp³-hybridized carbons (Fsp3) is 0.286. The summed E-state index contributed by atoms with van der Waals surface area (Å²) in [7, 11) is 0. The first-order chi connectivity index (χ1) is 16.7. The number of piperidine rings is 1. The van der Waals surface area contributed by atoms with Crippen LogP contribution in [0.15, 0.2) is 72.8 Å². The Morgan fingerprint density at radius 3 is 2.56 bits per heavy atom. The lowest BCUT2D eigenvalue weighted by molar-refractivity contribution is -0.105. The Morgan fingerprint density at radius 2 is 1.76 bits per heavy atom. The highest BCUT2D eigenvalue weighted by molar-refractivity contribution is 6.30. The van der Waals surface area contributed by atoms with E-state index in [-0.39, 0.29) is 0 Å². The molecule has 1 aliphatic rings. The molecule has 174 valence electrons. The number of carbonyl (C=O) groups is 1. The maximum absolute atomic E-state index is 10.7. The lowest BCUT2D eigenvalue weighted by atomic mass is 9.89. The summed E-state index contributed by atoms with van der Waals surface area (Å²) < 4.78 is 2.34. The third-order valence-electron chi connectivity index (χ3n) is 6.78. The van der Waals surface area contributed by atoms with E-state index in [0.29, 0.717) is 5.92 Å². The van der Waals surface area contributed by atoms with Gasteiger partial charge in [-0.1, -0.05) is 35.9 Å². The zero-order valence-electron chi connectivity index (χ0n) is 19.2. The number of halogens is 1. The molecule has 2 heterocycles. The van der Waals surface area contributed by atoms with Crippen molar-refractivity contribution in [1.29, 1.82) is 0 Å². The normalized spacial score (nSPS) is 15.0. The molecular formula is C28H29ClN4O. The number of aromatic nitrogens is 2. The molecule has 1 aromatic heterocycles. The first-order valence-corrected chi connectivity index (χ1v) is 12.3. The molecule has 1 N–H and O–H groups in total. The summed E-state index contributed by atoms with van der Waals surface area (Å²) in [6.07, 6.45) is 4.11. The van der Waals surface area contributed by atoms with Crippen molar-refractivity contribution in [2.45, 2.75) is 31.7 Å². The van der Waals surface area contributed by atoms with Crippen molar-refractivity contribution in [3.8, 4) is 11.4 Å². The number of benzene rings is 3. The number of nitrogens with one attached hydrogen (secondary N) is 1. The average molecular weight is 473 g/mol. The summed E-state index contributed by atoms with van der Waals surface area (Å²) >= 11 is 6.11. The van der Waals surface area contributed by atoms with Gasteiger partial charge < -0.3 is 14.8 Å². The standard InChI is InChI=1S/C28H29ClN4O/c29-24-11-9-22(10-12-24)28-31-26-7-1-2-8-27(26)33(28)16-4-15-32-17-13-21(14-18-32)23-5-3-6-25(19-23)30-20-34/h1-3,5-12,19-21H,4,13-18H2,(H,30,34). The molecule has 0 unspecified atom stereocenters. The topological polar surface area (TPSA) is 50.2 Å². The second-order valence-corrected chi connectivity index (χ2v) is 9.38. The van der Waals surface area contributed by atoms with Crippen LogP contribution in [0, 0.1) is 0 Å². The molecule has 4 aromatic rings. The number of fused-ring (bicyclic) bond motifs is 1. The highest BCUT2D eigenvalue weighted by atomic mass is 35.5. The van der Waals surface area contributed by atoms with Crippen molar-refractivity contribution < 1.29 is 4.79 Å². The zero-order chi connectivity index (χ0) is 23.3. The van der Waals surface area contributed by atoms with Gasteiger partial charge >= 0.3 is 0 Å². The van der Waals surface area contributed by atoms with Gasteiger partial charge in [0.05, 0.1) is 11.0 Å². The number of rotatable bonds is 8. The summed E-state index contributed by atoms with van der Waals surface area (Å²) in [6.45, 7) is 4.21. The van der Waals surface area contributed by atoms with E-state index >= 15 is 0 Å². The second-order valence-electron chi connectivity index (χ2n) is 8.94. The molecule has 1 fully saturated rings. The van der Waals surface area contributed by atoms with E-state index in [9.17, 15) is 4.79 Å². The number of amides is 1. The minimum Gasteiger partial charge on any atom is -0.329 e. The van der Waals surface area contributed by atoms with Gasteiger partial charge in [-0.2, -0.15) is 0 Å². The van der Waals surface area contributed by atoms with Gasteiger partial charge in [0.2, 0.25) is 6.41 Å². The number of likely N-dealkylation sites (tertiary alicyclic amines) is 1. The Morgan fingerprint density at radius 1 is 0.971 bits per heavy atom. The molecule has 0 aliphatic carbocycles. The predicted molar refractivity (Wildman–Crippen MR) is 139 cm³/mol. The first-order valence-electron chi connectivity index (χ1n) is 11.9. The molecule has 3 aromatic carbocycles. The first kappa shape index (κ1) is 22.6. The third-order valence-corrected chi connectivity index (χ3v) is 7.04. The average Bonchev–Trinajstić information content (AvgIpc) is 3.24. The smallest absolute Gasteiger partial charge is 0.211 e. The molecule has 5 rings (SSSR count). The van der Waals surface area contributed by atoms with E-state index < -0.39 is 0 Å². The highest BCUT2D eigenvalue weighted by Crippen LogP contribution is 2.30. The van der Waals surface area contributed by atoms with Crippen molar-refractivity contribution in [3.63, 3.8) is 0 Å². The van der Waals surface area contributed by atoms with Gasteiger partial charge in [-0.05, 0) is 98.9 Å². The van der Waals surface area contributed by atoms with Gasteiger partial charge in [0, 0.05) is 22.8 Å². The number of hydrogen-bond acceptors (Lipinski definition) is 3. The van der Waals surface area contributed by atoms with Gasteiger partial charge in [-0.25, -0.2) is 4.98 Å². The Labute approximate surface area is 205 Å². The summed E-state index contributed by atoms with van der Waals surface area (Å²) in [5, 5.41) is 3.50. The Kier molecular flexibility index (Phi) is 6.93. The van der Waals surface area contributed by atoms with Crippen LogP contribution in [0.4, 0.5) is 5.69 Å². The van der Waals surface area contributed by atoms with Crippen LogP contribution in [0.2, 0.25) is 5.02 Å². The molecule has 0 atom stereocenters. The van der Waals surface area contributed by atoms with E-state index in [1.807, 2.05) is 42.5 Å². The zero-order valence-corrected chi connectivity index (χ0v) is 19.9. The molecule has 5 nitrogen and oxygen atoms in total. The maximum Gasteiger partial charge on any atom is 0.211 e. The second kappa shape index (κ2) is 10.4. The van der Waals surface area contributed by atoms with E-state index in [0.717, 1.165) is 79.5 Å². The van der Waals surface area contributed by atoms with Crippen LogP contribution in [-0.2, 0) is 11.3 Å². The fourth-order valence-electron chi connectivity index (χ4n) is 5.01. The summed E-state index contributed by atoms with van der Waals surface area (Å²) in [6, 6.07) is 24.6. The van der Waals surface area contributed by atoms with E-state index in [1.54, 1.807) is 0 Å². The quantitative estimate of drug-likeness (QED) is 0.311. The van der Waals surface area contributed by atoms with Crippen LogP contribution in [0.1, 0.15) is 30.7 Å². The third kappa shape index (κ3) is 5.01. The molecule has 0 radical (unpaired) electrons. The van der Waals surface area contributed by atoms with E-state index in [2.05, 4.69) is 45.1 Å². The van der Waals surface area contributed by atoms with Crippen molar-refractivity contribution in [2.75, 3.05) is 25.0 Å². The monoisotopic (exact) mass is 472 g/mol. The fourth-order valence-corrected chi connectivity index (χ4v) is 5.14. The van der Waals surface area contributed by atoms with Gasteiger partial charge in [0.1, 0.15) is 5.82 Å². The number of hydrogen-bond donors (Lipinski definition) is 1. The van der Waals surface area contributed by atoms with Crippen molar-refractivity contribution >= 4 is 34.7 Å². The molecule has 0 spiro atoms. The minimum atomic E-state index is 0.554. The molecule has 0 bridgehead atoms. The SMILES string of the molecule is O=CNc1cccc(C2CCN(CCCn3c(-c4ccc(Cl)cc4)nc4ccccc43)CC2)c1. The molecule has 6 heteroatoms. The minimum absolute atomic E-state index is 0.554. The summed E-state index contributed by atoms with van der Waals surface area (Å²) in [5.74, 6) is 1.55. The van der Waals surface area contributed by atoms with Crippen molar-refractivity contribution in [2.24, 2.45) is 0 Å². The largest absolute Gasteiger partial charge is 0.329 e. The molecular weight excluding hydrogens is 444 g/mol. The van der Waals surface area contributed by atoms with Crippen LogP contribution in [-0.4, -0.2) is 40.5 Å². The molecule has 1 saturated heterocycles. The van der Waals surface area contributed by atoms with Gasteiger partial charge in [-0.15, -0.1) is 0 Å².